The number of nitrogens with zero attached hydrogens (tertiary/aromatic N) is 2. The molecule has 90 valence electrons. The Morgan fingerprint density at radius 3 is 2.94 bits per heavy atom. The lowest BCUT2D eigenvalue weighted by Gasteiger charge is -2.05. The van der Waals surface area contributed by atoms with E-state index >= 15 is 0 Å². The molecule has 4 heteroatoms. The van der Waals surface area contributed by atoms with Gasteiger partial charge in [-0.2, -0.15) is 16.9 Å². The molecule has 0 amide bonds. The molecule has 0 fully saturated rings. The van der Waals surface area contributed by atoms with Crippen molar-refractivity contribution in [3.63, 3.8) is 0 Å². The van der Waals surface area contributed by atoms with Gasteiger partial charge >= 0.3 is 0 Å². The maximum absolute atomic E-state index is 11.8. The van der Waals surface area contributed by atoms with Gasteiger partial charge < -0.3 is 0 Å². The van der Waals surface area contributed by atoms with Gasteiger partial charge in [0.15, 0.2) is 5.78 Å². The molecule has 0 spiro atoms. The van der Waals surface area contributed by atoms with Crippen LogP contribution in [0.2, 0.25) is 0 Å². The van der Waals surface area contributed by atoms with Gasteiger partial charge in [-0.25, -0.2) is 0 Å². The van der Waals surface area contributed by atoms with Crippen LogP contribution >= 0.6 is 11.8 Å². The third-order valence-electron chi connectivity index (χ3n) is 2.48. The average Bonchev–Trinajstić information content (AvgIpc) is 2.74. The normalized spacial score (nSPS) is 12.7. The van der Waals surface area contributed by atoms with Crippen LogP contribution in [0.25, 0.3) is 0 Å². The summed E-state index contributed by atoms with van der Waals surface area (Å²) in [5.74, 6) is 0.750. The van der Waals surface area contributed by atoms with Gasteiger partial charge in [0, 0.05) is 18.0 Å². The van der Waals surface area contributed by atoms with Gasteiger partial charge in [0.05, 0.1) is 17.5 Å². The second kappa shape index (κ2) is 6.74. The minimum atomic E-state index is 0.188. The SMILES string of the molecule is CCCn1cc(C(=O)CSC(C)CC)cn1. The number of rotatable bonds is 7. The van der Waals surface area contributed by atoms with E-state index in [0.717, 1.165) is 24.9 Å². The van der Waals surface area contributed by atoms with Gasteiger partial charge in [-0.3, -0.25) is 9.48 Å². The van der Waals surface area contributed by atoms with Crippen LogP contribution in [0.4, 0.5) is 0 Å². The molecule has 0 aliphatic heterocycles. The van der Waals surface area contributed by atoms with Crippen LogP contribution in [0, 0.1) is 0 Å². The molecule has 0 aromatic carbocycles. The van der Waals surface area contributed by atoms with Crippen molar-refractivity contribution in [3.8, 4) is 0 Å². The summed E-state index contributed by atoms with van der Waals surface area (Å²) >= 11 is 1.72. The lowest BCUT2D eigenvalue weighted by Crippen LogP contribution is -2.05. The number of thioether (sulfide) groups is 1. The number of hydrogen-bond acceptors (Lipinski definition) is 3. The third-order valence-corrected chi connectivity index (χ3v) is 3.81. The molecule has 1 atom stereocenters. The second-order valence-electron chi connectivity index (χ2n) is 3.95. The van der Waals surface area contributed by atoms with E-state index in [1.165, 1.54) is 0 Å². The quantitative estimate of drug-likeness (QED) is 0.687. The smallest absolute Gasteiger partial charge is 0.175 e. The molecule has 0 N–H and O–H groups in total. The highest BCUT2D eigenvalue weighted by atomic mass is 32.2. The molecule has 0 saturated heterocycles. The largest absolute Gasteiger partial charge is 0.293 e. The molecule has 0 saturated carbocycles. The highest BCUT2D eigenvalue weighted by molar-refractivity contribution is 8.00. The van der Waals surface area contributed by atoms with E-state index in [4.69, 9.17) is 0 Å². The number of aryl methyl sites for hydroxylation is 1. The fourth-order valence-corrected chi connectivity index (χ4v) is 2.12. The molecule has 1 aromatic rings. The van der Waals surface area contributed by atoms with E-state index < -0.39 is 0 Å². The molecule has 0 radical (unpaired) electrons. The first-order valence-corrected chi connectivity index (χ1v) is 6.89. The number of aromatic nitrogens is 2. The van der Waals surface area contributed by atoms with E-state index in [-0.39, 0.29) is 5.78 Å². The Kier molecular flexibility index (Phi) is 5.60. The minimum Gasteiger partial charge on any atom is -0.293 e. The monoisotopic (exact) mass is 240 g/mol. The first kappa shape index (κ1) is 13.3. The number of carbonyl (C=O) groups is 1. The van der Waals surface area contributed by atoms with Crippen LogP contribution in [0.1, 0.15) is 44.0 Å². The van der Waals surface area contributed by atoms with Gasteiger partial charge in [0.1, 0.15) is 0 Å². The predicted octanol–water partition coefficient (Wildman–Crippen LogP) is 3.01. The maximum Gasteiger partial charge on any atom is 0.175 e. The van der Waals surface area contributed by atoms with Gasteiger partial charge in [-0.1, -0.05) is 20.8 Å². The molecule has 0 bridgehead atoms. The number of hydrogen-bond donors (Lipinski definition) is 0. The highest BCUT2D eigenvalue weighted by Gasteiger charge is 2.10. The molecule has 16 heavy (non-hydrogen) atoms. The Balaban J connectivity index is 2.46. The van der Waals surface area contributed by atoms with Crippen LogP contribution in [-0.4, -0.2) is 26.6 Å². The third kappa shape index (κ3) is 4.00. The van der Waals surface area contributed by atoms with Crippen molar-refractivity contribution in [1.82, 2.24) is 9.78 Å². The molecule has 0 aliphatic rings. The van der Waals surface area contributed by atoms with E-state index in [1.54, 1.807) is 18.0 Å². The summed E-state index contributed by atoms with van der Waals surface area (Å²) in [6, 6.07) is 0. The van der Waals surface area contributed by atoms with Gasteiger partial charge in [0.25, 0.3) is 0 Å². The summed E-state index contributed by atoms with van der Waals surface area (Å²) in [5, 5.41) is 4.71. The van der Waals surface area contributed by atoms with Crippen molar-refractivity contribution in [2.24, 2.45) is 0 Å². The zero-order chi connectivity index (χ0) is 12.0. The first-order valence-electron chi connectivity index (χ1n) is 5.84. The highest BCUT2D eigenvalue weighted by Crippen LogP contribution is 2.15. The molecule has 1 rings (SSSR count). The Morgan fingerprint density at radius 2 is 2.31 bits per heavy atom. The molecule has 1 unspecified atom stereocenters. The Hall–Kier alpha value is -0.770. The lowest BCUT2D eigenvalue weighted by molar-refractivity contribution is 0.102. The van der Waals surface area contributed by atoms with Crippen LogP contribution < -0.4 is 0 Å². The summed E-state index contributed by atoms with van der Waals surface area (Å²) in [5.41, 5.74) is 0.740. The second-order valence-corrected chi connectivity index (χ2v) is 5.37. The Bertz CT molecular complexity index is 336. The summed E-state index contributed by atoms with van der Waals surface area (Å²) in [7, 11) is 0. The molecule has 0 aliphatic carbocycles. The summed E-state index contributed by atoms with van der Waals surface area (Å²) in [6.45, 7) is 7.27. The van der Waals surface area contributed by atoms with Crippen molar-refractivity contribution in [3.05, 3.63) is 18.0 Å². The molecule has 1 heterocycles. The standard InChI is InChI=1S/C12H20N2OS/c1-4-6-14-8-11(7-13-14)12(15)9-16-10(3)5-2/h7-8,10H,4-6,9H2,1-3H3. The van der Waals surface area contributed by atoms with Crippen molar-refractivity contribution in [1.29, 1.82) is 0 Å². The van der Waals surface area contributed by atoms with Crippen molar-refractivity contribution < 1.29 is 4.79 Å². The zero-order valence-corrected chi connectivity index (χ0v) is 11.1. The van der Waals surface area contributed by atoms with Crippen LogP contribution in [0.5, 0.6) is 0 Å². The molecule has 1 aromatic heterocycles. The zero-order valence-electron chi connectivity index (χ0n) is 10.3. The summed E-state index contributed by atoms with van der Waals surface area (Å²) < 4.78 is 1.83. The number of ketones is 1. The average molecular weight is 240 g/mol. The van der Waals surface area contributed by atoms with E-state index in [2.05, 4.69) is 25.9 Å². The molecular formula is C12H20N2OS. The fourth-order valence-electron chi connectivity index (χ4n) is 1.28. The summed E-state index contributed by atoms with van der Waals surface area (Å²) in [6.07, 6.45) is 5.67. The number of carbonyl (C=O) groups excluding carboxylic acids is 1. The van der Waals surface area contributed by atoms with Crippen molar-refractivity contribution >= 4 is 17.5 Å². The van der Waals surface area contributed by atoms with E-state index in [9.17, 15) is 4.79 Å². The van der Waals surface area contributed by atoms with Crippen molar-refractivity contribution in [2.45, 2.75) is 45.4 Å². The maximum atomic E-state index is 11.8. The van der Waals surface area contributed by atoms with E-state index in [0.29, 0.717) is 11.0 Å². The lowest BCUT2D eigenvalue weighted by atomic mass is 10.3. The Labute approximate surface area is 102 Å². The van der Waals surface area contributed by atoms with Gasteiger partial charge in [0.2, 0.25) is 0 Å². The summed E-state index contributed by atoms with van der Waals surface area (Å²) in [4.78, 5) is 11.8. The minimum absolute atomic E-state index is 0.188. The topological polar surface area (TPSA) is 34.9 Å². The van der Waals surface area contributed by atoms with Crippen LogP contribution in [0.15, 0.2) is 12.4 Å². The predicted molar refractivity (Wildman–Crippen MR) is 69.1 cm³/mol. The molecule has 3 nitrogen and oxygen atoms in total. The van der Waals surface area contributed by atoms with E-state index in [1.807, 2.05) is 10.9 Å². The van der Waals surface area contributed by atoms with Crippen LogP contribution in [-0.2, 0) is 6.54 Å². The van der Waals surface area contributed by atoms with Crippen molar-refractivity contribution in [2.75, 3.05) is 5.75 Å². The molecular weight excluding hydrogens is 220 g/mol. The van der Waals surface area contributed by atoms with Gasteiger partial charge in [-0.15, -0.1) is 0 Å². The van der Waals surface area contributed by atoms with Crippen LogP contribution in [0.3, 0.4) is 0 Å². The number of Topliss-reactive ketones (excluding diaryl/α,β-unsaturated/α-hetero) is 1. The first-order chi connectivity index (χ1) is 7.67. The van der Waals surface area contributed by atoms with Gasteiger partial charge in [-0.05, 0) is 12.8 Å². The Morgan fingerprint density at radius 1 is 1.56 bits per heavy atom. The fraction of sp³-hybridized carbons (Fsp3) is 0.667.